The minimum absolute atomic E-state index is 0.0687. The Hall–Kier alpha value is -3.49. The van der Waals surface area contributed by atoms with Gasteiger partial charge in [0.25, 0.3) is 5.91 Å². The first-order valence-corrected chi connectivity index (χ1v) is 14.3. The number of ether oxygens (including phenoxy) is 1. The number of carbonyl (C=O) groups is 1. The topological polar surface area (TPSA) is 75.8 Å². The number of aromatic nitrogens is 3. The molecule has 0 N–H and O–H groups in total. The predicted octanol–water partition coefficient (Wildman–Crippen LogP) is 6.43. The van der Waals surface area contributed by atoms with E-state index in [-0.39, 0.29) is 17.6 Å². The van der Waals surface area contributed by atoms with Crippen LogP contribution >= 0.6 is 11.6 Å². The Balaban J connectivity index is 1.45. The SMILES string of the molecule is C=Nc1nc(-c2ccc(C(C)C)cc2)c(CN2CC3CCC2CCN3C(=O)c2nc(OC)ccc2Cl)n1/C=C\C. The molecule has 3 aliphatic rings. The highest BCUT2D eigenvalue weighted by atomic mass is 35.5. The van der Waals surface area contributed by atoms with Crippen molar-refractivity contribution in [3.63, 3.8) is 0 Å². The van der Waals surface area contributed by atoms with Gasteiger partial charge in [-0.1, -0.05) is 55.8 Å². The lowest BCUT2D eigenvalue weighted by Crippen LogP contribution is -2.48. The molecule has 2 unspecified atom stereocenters. The number of hydrogen-bond acceptors (Lipinski definition) is 6. The summed E-state index contributed by atoms with van der Waals surface area (Å²) >= 11 is 6.41. The number of amides is 1. The number of rotatable bonds is 8. The molecule has 1 amide bonds. The van der Waals surface area contributed by atoms with Gasteiger partial charge in [0.05, 0.1) is 23.5 Å². The van der Waals surface area contributed by atoms with Crippen molar-refractivity contribution in [3.05, 3.63) is 64.4 Å². The number of imidazole rings is 1. The molecule has 6 rings (SSSR count). The van der Waals surface area contributed by atoms with Crippen LogP contribution in [-0.4, -0.2) is 69.2 Å². The fraction of sp³-hybridized carbons (Fsp3) is 0.419. The Labute approximate surface area is 241 Å². The van der Waals surface area contributed by atoms with Crippen LogP contribution in [0.3, 0.4) is 0 Å². The lowest BCUT2D eigenvalue weighted by Gasteiger charge is -2.38. The van der Waals surface area contributed by atoms with Crippen molar-refractivity contribution in [2.75, 3.05) is 20.2 Å². The maximum absolute atomic E-state index is 13.7. The Kier molecular flexibility index (Phi) is 8.38. The first-order chi connectivity index (χ1) is 19.3. The zero-order valence-electron chi connectivity index (χ0n) is 23.7. The number of methoxy groups -OCH3 is 1. The summed E-state index contributed by atoms with van der Waals surface area (Å²) in [5, 5.41) is 0.342. The summed E-state index contributed by atoms with van der Waals surface area (Å²) in [6.45, 7) is 12.3. The third-order valence-electron chi connectivity index (χ3n) is 8.07. The van der Waals surface area contributed by atoms with E-state index < -0.39 is 0 Å². The van der Waals surface area contributed by atoms with Crippen LogP contribution in [0.15, 0.2) is 47.5 Å². The summed E-state index contributed by atoms with van der Waals surface area (Å²) in [4.78, 5) is 31.6. The van der Waals surface area contributed by atoms with E-state index in [0.717, 1.165) is 42.8 Å². The maximum Gasteiger partial charge on any atom is 0.274 e. The summed E-state index contributed by atoms with van der Waals surface area (Å²) in [7, 11) is 1.54. The average molecular weight is 561 g/mol. The highest BCUT2D eigenvalue weighted by Gasteiger charge is 2.39. The third kappa shape index (κ3) is 5.43. The van der Waals surface area contributed by atoms with E-state index in [9.17, 15) is 4.79 Å². The van der Waals surface area contributed by atoms with Crippen molar-refractivity contribution in [2.45, 2.75) is 64.6 Å². The summed E-state index contributed by atoms with van der Waals surface area (Å²) in [5.74, 6) is 1.28. The molecule has 9 heteroatoms. The van der Waals surface area contributed by atoms with Crippen LogP contribution in [0.25, 0.3) is 17.5 Å². The van der Waals surface area contributed by atoms with Gasteiger partial charge in [-0.2, -0.15) is 0 Å². The Morgan fingerprint density at radius 2 is 1.90 bits per heavy atom. The number of hydrogen-bond donors (Lipinski definition) is 0. The van der Waals surface area contributed by atoms with Crippen molar-refractivity contribution >= 4 is 36.4 Å². The molecule has 8 nitrogen and oxygen atoms in total. The van der Waals surface area contributed by atoms with Crippen LogP contribution in [-0.2, 0) is 6.54 Å². The van der Waals surface area contributed by atoms with Gasteiger partial charge in [-0.05, 0) is 50.5 Å². The number of benzene rings is 1. The molecule has 0 spiro atoms. The van der Waals surface area contributed by atoms with Gasteiger partial charge in [-0.15, -0.1) is 0 Å². The molecule has 3 aromatic rings. The molecule has 0 saturated carbocycles. The smallest absolute Gasteiger partial charge is 0.274 e. The number of nitrogens with zero attached hydrogens (tertiary/aromatic N) is 6. The fourth-order valence-corrected chi connectivity index (χ4v) is 6.07. The van der Waals surface area contributed by atoms with E-state index in [2.05, 4.69) is 59.7 Å². The zero-order valence-corrected chi connectivity index (χ0v) is 24.4. The zero-order chi connectivity index (χ0) is 28.4. The van der Waals surface area contributed by atoms with Gasteiger partial charge in [0.2, 0.25) is 11.8 Å². The first-order valence-electron chi connectivity index (χ1n) is 13.9. The Morgan fingerprint density at radius 3 is 2.58 bits per heavy atom. The van der Waals surface area contributed by atoms with Crippen LogP contribution in [0.1, 0.15) is 67.7 Å². The molecule has 210 valence electrons. The molecular formula is C31H37ClN6O2. The van der Waals surface area contributed by atoms with Crippen molar-refractivity contribution in [3.8, 4) is 17.1 Å². The van der Waals surface area contributed by atoms with E-state index in [1.807, 2.05) is 28.7 Å². The Bertz CT molecular complexity index is 1410. The number of fused-ring (bicyclic) bond motifs is 4. The molecule has 1 aromatic carbocycles. The first kappa shape index (κ1) is 28.1. The summed E-state index contributed by atoms with van der Waals surface area (Å²) in [5.41, 5.74) is 4.58. The predicted molar refractivity (Wildman–Crippen MR) is 161 cm³/mol. The van der Waals surface area contributed by atoms with Gasteiger partial charge < -0.3 is 9.64 Å². The van der Waals surface area contributed by atoms with Gasteiger partial charge in [-0.25, -0.2) is 15.0 Å². The van der Waals surface area contributed by atoms with Gasteiger partial charge in [0.15, 0.2) is 5.69 Å². The maximum atomic E-state index is 13.7. The number of piperidine rings is 1. The molecule has 0 radical (unpaired) electrons. The van der Waals surface area contributed by atoms with Gasteiger partial charge in [0.1, 0.15) is 0 Å². The van der Waals surface area contributed by atoms with Crippen LogP contribution in [0, 0.1) is 0 Å². The van der Waals surface area contributed by atoms with Crippen molar-refractivity contribution in [2.24, 2.45) is 4.99 Å². The quantitative estimate of drug-likeness (QED) is 0.297. The van der Waals surface area contributed by atoms with Crippen LogP contribution < -0.4 is 4.74 Å². The number of halogens is 1. The lowest BCUT2D eigenvalue weighted by atomic mass is 9.97. The lowest BCUT2D eigenvalue weighted by molar-refractivity contribution is 0.0597. The van der Waals surface area contributed by atoms with Crippen molar-refractivity contribution < 1.29 is 9.53 Å². The second kappa shape index (κ2) is 11.9. The molecular weight excluding hydrogens is 524 g/mol. The van der Waals surface area contributed by atoms with Gasteiger partial charge >= 0.3 is 0 Å². The molecule has 2 bridgehead atoms. The van der Waals surface area contributed by atoms with Crippen LogP contribution in [0.4, 0.5) is 5.95 Å². The summed E-state index contributed by atoms with van der Waals surface area (Å²) < 4.78 is 7.29. The third-order valence-corrected chi connectivity index (χ3v) is 8.37. The van der Waals surface area contributed by atoms with E-state index in [1.165, 1.54) is 12.7 Å². The molecule has 5 heterocycles. The molecule has 3 aliphatic heterocycles. The monoisotopic (exact) mass is 560 g/mol. The molecule has 2 atom stereocenters. The standard InChI is InChI=1S/C31H37ClN6O2/c1-6-16-38-26(28(35-31(38)33-4)22-9-7-21(8-10-22)20(2)3)19-36-18-24-12-11-23(36)15-17-37(24)30(39)29-25(32)13-14-27(34-29)40-5/h6-10,13-14,16,20,23-24H,4,11-12,15,17-19H2,1-3,5H3/b16-6-. The molecule has 2 aromatic heterocycles. The normalized spacial score (nSPS) is 19.4. The number of carbonyl (C=O) groups excluding carboxylic acids is 1. The molecule has 3 fully saturated rings. The summed E-state index contributed by atoms with van der Waals surface area (Å²) in [6, 6.07) is 12.4. The van der Waals surface area contributed by atoms with E-state index in [0.29, 0.717) is 41.9 Å². The van der Waals surface area contributed by atoms with Crippen molar-refractivity contribution in [1.82, 2.24) is 24.3 Å². The van der Waals surface area contributed by atoms with Gasteiger partial charge in [0, 0.05) is 49.5 Å². The molecule has 40 heavy (non-hydrogen) atoms. The molecule has 3 saturated heterocycles. The number of allylic oxidation sites excluding steroid dienone is 1. The van der Waals surface area contributed by atoms with E-state index in [1.54, 1.807) is 12.1 Å². The number of aliphatic imine (C=N–C) groups is 1. The minimum Gasteiger partial charge on any atom is -0.481 e. The second-order valence-corrected chi connectivity index (χ2v) is 11.2. The minimum atomic E-state index is -0.139. The molecule has 0 aliphatic carbocycles. The van der Waals surface area contributed by atoms with Crippen LogP contribution in [0.5, 0.6) is 5.88 Å². The highest BCUT2D eigenvalue weighted by molar-refractivity contribution is 6.33. The second-order valence-electron chi connectivity index (χ2n) is 10.8. The number of pyridine rings is 1. The van der Waals surface area contributed by atoms with E-state index in [4.69, 9.17) is 21.3 Å². The van der Waals surface area contributed by atoms with Crippen LogP contribution in [0.2, 0.25) is 5.02 Å². The average Bonchev–Trinajstić information content (AvgIpc) is 3.08. The van der Waals surface area contributed by atoms with Gasteiger partial charge in [-0.3, -0.25) is 14.3 Å². The summed E-state index contributed by atoms with van der Waals surface area (Å²) in [6.07, 6.45) is 6.85. The van der Waals surface area contributed by atoms with E-state index >= 15 is 0 Å². The Morgan fingerprint density at radius 1 is 1.15 bits per heavy atom. The van der Waals surface area contributed by atoms with Crippen molar-refractivity contribution in [1.29, 1.82) is 0 Å². The highest BCUT2D eigenvalue weighted by Crippen LogP contribution is 2.35. The fourth-order valence-electron chi connectivity index (χ4n) is 5.89. The largest absolute Gasteiger partial charge is 0.481 e.